The number of hydrogen-bond donors (Lipinski definition) is 2. The van der Waals surface area contributed by atoms with Crippen LogP contribution in [-0.2, 0) is 9.59 Å². The molecule has 3 aromatic carbocycles. The van der Waals surface area contributed by atoms with Crippen molar-refractivity contribution in [2.75, 3.05) is 33.7 Å². The van der Waals surface area contributed by atoms with Crippen LogP contribution in [0.3, 0.4) is 0 Å². The SMILES string of the molecule is COc1cc(-c2nnc(SCC(=O)NN=Cc3ccccc3OCC(=O)O)n2-c2ccccc2)cc(OC)c1OC. The second-order valence-electron chi connectivity index (χ2n) is 8.19. The van der Waals surface area contributed by atoms with Gasteiger partial charge >= 0.3 is 5.97 Å². The minimum atomic E-state index is -1.10. The van der Waals surface area contributed by atoms with Crippen molar-refractivity contribution >= 4 is 29.9 Å². The Labute approximate surface area is 239 Å². The van der Waals surface area contributed by atoms with Crippen LogP contribution in [0.2, 0.25) is 0 Å². The first-order valence-corrected chi connectivity index (χ1v) is 13.1. The third-order valence-electron chi connectivity index (χ3n) is 5.57. The van der Waals surface area contributed by atoms with Gasteiger partial charge in [-0.3, -0.25) is 9.36 Å². The highest BCUT2D eigenvalue weighted by Crippen LogP contribution is 2.41. The summed E-state index contributed by atoms with van der Waals surface area (Å²) >= 11 is 1.18. The summed E-state index contributed by atoms with van der Waals surface area (Å²) in [5.74, 6) is 0.733. The summed E-state index contributed by atoms with van der Waals surface area (Å²) in [6.07, 6.45) is 1.38. The summed E-state index contributed by atoms with van der Waals surface area (Å²) in [5.41, 5.74) is 4.44. The molecule has 0 saturated carbocycles. The van der Waals surface area contributed by atoms with Crippen LogP contribution in [0.1, 0.15) is 5.56 Å². The lowest BCUT2D eigenvalue weighted by Gasteiger charge is -2.15. The predicted molar refractivity (Wildman–Crippen MR) is 152 cm³/mol. The number of carboxylic acid groups (broad SMARTS) is 1. The Kier molecular flexibility index (Phi) is 9.78. The Hall–Kier alpha value is -5.04. The molecule has 0 bridgehead atoms. The largest absolute Gasteiger partial charge is 0.493 e. The van der Waals surface area contributed by atoms with E-state index in [0.717, 1.165) is 5.69 Å². The molecule has 41 heavy (non-hydrogen) atoms. The topological polar surface area (TPSA) is 146 Å². The molecule has 0 saturated heterocycles. The number of amides is 1. The Bertz CT molecular complexity index is 1520. The van der Waals surface area contributed by atoms with Crippen molar-refractivity contribution < 1.29 is 33.6 Å². The molecule has 212 valence electrons. The maximum atomic E-state index is 12.6. The van der Waals surface area contributed by atoms with Crippen LogP contribution in [0.4, 0.5) is 0 Å². The average Bonchev–Trinajstić information content (AvgIpc) is 3.43. The highest BCUT2D eigenvalue weighted by Gasteiger charge is 2.21. The number of thioether (sulfide) groups is 1. The number of carbonyl (C=O) groups excluding carboxylic acids is 1. The number of hydrazone groups is 1. The van der Waals surface area contributed by atoms with E-state index < -0.39 is 12.6 Å². The second kappa shape index (κ2) is 13.8. The quantitative estimate of drug-likeness (QED) is 0.137. The second-order valence-corrected chi connectivity index (χ2v) is 9.14. The van der Waals surface area contributed by atoms with Crippen LogP contribution >= 0.6 is 11.8 Å². The molecule has 4 aromatic rings. The van der Waals surface area contributed by atoms with Gasteiger partial charge in [-0.2, -0.15) is 5.10 Å². The molecule has 2 N–H and O–H groups in total. The molecule has 0 radical (unpaired) electrons. The zero-order valence-corrected chi connectivity index (χ0v) is 23.3. The molecule has 13 heteroatoms. The summed E-state index contributed by atoms with van der Waals surface area (Å²) in [7, 11) is 4.60. The molecule has 0 aliphatic carbocycles. The van der Waals surface area contributed by atoms with E-state index in [2.05, 4.69) is 20.7 Å². The molecule has 0 aliphatic heterocycles. The van der Waals surface area contributed by atoms with Gasteiger partial charge in [0.05, 0.1) is 33.3 Å². The minimum absolute atomic E-state index is 0.00524. The number of nitrogens with zero attached hydrogens (tertiary/aromatic N) is 4. The van der Waals surface area contributed by atoms with Crippen molar-refractivity contribution in [1.82, 2.24) is 20.2 Å². The predicted octanol–water partition coefficient (Wildman–Crippen LogP) is 3.67. The van der Waals surface area contributed by atoms with Gasteiger partial charge in [-0.15, -0.1) is 10.2 Å². The van der Waals surface area contributed by atoms with Crippen LogP contribution in [0.15, 0.2) is 77.0 Å². The maximum Gasteiger partial charge on any atom is 0.341 e. The zero-order chi connectivity index (χ0) is 29.2. The molecule has 0 atom stereocenters. The van der Waals surface area contributed by atoms with Gasteiger partial charge in [0, 0.05) is 16.8 Å². The Morgan fingerprint density at radius 3 is 2.29 bits per heavy atom. The van der Waals surface area contributed by atoms with E-state index in [-0.39, 0.29) is 11.7 Å². The van der Waals surface area contributed by atoms with Crippen molar-refractivity contribution in [2.45, 2.75) is 5.16 Å². The smallest absolute Gasteiger partial charge is 0.341 e. The van der Waals surface area contributed by atoms with Gasteiger partial charge in [0.1, 0.15) is 5.75 Å². The van der Waals surface area contributed by atoms with E-state index in [1.807, 2.05) is 34.9 Å². The normalized spacial score (nSPS) is 10.8. The van der Waals surface area contributed by atoms with E-state index in [1.54, 1.807) is 36.4 Å². The fourth-order valence-corrected chi connectivity index (χ4v) is 4.51. The van der Waals surface area contributed by atoms with Gasteiger partial charge in [0.2, 0.25) is 5.75 Å². The monoisotopic (exact) mass is 577 g/mol. The summed E-state index contributed by atoms with van der Waals surface area (Å²) in [6, 6.07) is 19.8. The van der Waals surface area contributed by atoms with E-state index in [9.17, 15) is 9.59 Å². The first kappa shape index (κ1) is 29.0. The van der Waals surface area contributed by atoms with Crippen molar-refractivity contribution in [3.05, 3.63) is 72.3 Å². The van der Waals surface area contributed by atoms with E-state index >= 15 is 0 Å². The van der Waals surface area contributed by atoms with Gasteiger partial charge < -0.3 is 24.1 Å². The van der Waals surface area contributed by atoms with Crippen molar-refractivity contribution in [3.63, 3.8) is 0 Å². The molecule has 0 fully saturated rings. The molecule has 0 aliphatic rings. The van der Waals surface area contributed by atoms with Crippen LogP contribution in [0, 0.1) is 0 Å². The number of methoxy groups -OCH3 is 3. The Morgan fingerprint density at radius 1 is 0.951 bits per heavy atom. The number of aliphatic carboxylic acids is 1. The van der Waals surface area contributed by atoms with Gasteiger partial charge in [-0.1, -0.05) is 42.1 Å². The van der Waals surface area contributed by atoms with Crippen molar-refractivity contribution in [1.29, 1.82) is 0 Å². The molecule has 12 nitrogen and oxygen atoms in total. The molecule has 0 unspecified atom stereocenters. The lowest BCUT2D eigenvalue weighted by Crippen LogP contribution is -2.20. The average molecular weight is 578 g/mol. The molecule has 1 amide bonds. The number of aromatic nitrogens is 3. The van der Waals surface area contributed by atoms with Crippen molar-refractivity contribution in [2.24, 2.45) is 5.10 Å². The van der Waals surface area contributed by atoms with Gasteiger partial charge in [0.15, 0.2) is 29.1 Å². The number of carboxylic acids is 1. The number of benzene rings is 3. The number of rotatable bonds is 13. The van der Waals surface area contributed by atoms with E-state index in [0.29, 0.717) is 45.1 Å². The number of para-hydroxylation sites is 2. The van der Waals surface area contributed by atoms with Crippen molar-refractivity contribution in [3.8, 4) is 40.1 Å². The van der Waals surface area contributed by atoms with Crippen LogP contribution in [0.5, 0.6) is 23.0 Å². The van der Waals surface area contributed by atoms with Gasteiger partial charge in [-0.25, -0.2) is 10.2 Å². The third kappa shape index (κ3) is 7.13. The van der Waals surface area contributed by atoms with Gasteiger partial charge in [0.25, 0.3) is 5.91 Å². The zero-order valence-electron chi connectivity index (χ0n) is 22.4. The van der Waals surface area contributed by atoms with Crippen LogP contribution < -0.4 is 24.4 Å². The Balaban J connectivity index is 1.54. The van der Waals surface area contributed by atoms with E-state index in [1.165, 1.54) is 39.3 Å². The van der Waals surface area contributed by atoms with Gasteiger partial charge in [-0.05, 0) is 36.4 Å². The van der Waals surface area contributed by atoms with E-state index in [4.69, 9.17) is 24.1 Å². The number of ether oxygens (including phenoxy) is 4. The first-order valence-electron chi connectivity index (χ1n) is 12.1. The molecule has 4 rings (SSSR count). The Morgan fingerprint density at radius 2 is 1.63 bits per heavy atom. The molecule has 0 spiro atoms. The molecular weight excluding hydrogens is 550 g/mol. The summed E-state index contributed by atoms with van der Waals surface area (Å²) in [4.78, 5) is 23.4. The fourth-order valence-electron chi connectivity index (χ4n) is 3.76. The molecule has 1 aromatic heterocycles. The lowest BCUT2D eigenvalue weighted by molar-refractivity contribution is -0.139. The van der Waals surface area contributed by atoms with Crippen LogP contribution in [-0.4, -0.2) is 71.7 Å². The summed E-state index contributed by atoms with van der Waals surface area (Å²) in [5, 5.41) is 22.1. The minimum Gasteiger partial charge on any atom is -0.493 e. The number of carbonyl (C=O) groups is 2. The summed E-state index contributed by atoms with van der Waals surface area (Å²) in [6.45, 7) is -0.492. The molecular formula is C28H27N5O7S. The third-order valence-corrected chi connectivity index (χ3v) is 6.50. The molecule has 1 heterocycles. The number of hydrogen-bond acceptors (Lipinski definition) is 10. The highest BCUT2D eigenvalue weighted by molar-refractivity contribution is 7.99. The lowest BCUT2D eigenvalue weighted by atomic mass is 10.1. The summed E-state index contributed by atoms with van der Waals surface area (Å²) < 4.78 is 23.5. The maximum absolute atomic E-state index is 12.6. The highest BCUT2D eigenvalue weighted by atomic mass is 32.2. The van der Waals surface area contributed by atoms with Crippen LogP contribution in [0.25, 0.3) is 17.1 Å². The fraction of sp³-hybridized carbons (Fsp3) is 0.179. The number of nitrogens with one attached hydrogen (secondary N) is 1. The first-order chi connectivity index (χ1) is 19.9. The standard InChI is InChI=1S/C28H27N5O7S/c1-37-22-13-19(14-23(38-2)26(22)39-3)27-31-32-28(33(27)20-10-5-4-6-11-20)41-17-24(34)30-29-15-18-9-7-8-12-21(18)40-16-25(35)36/h4-15H,16-17H2,1-3H3,(H,30,34)(H,35,36).